The zero-order valence-electron chi connectivity index (χ0n) is 12.2. The number of ether oxygens (including phenoxy) is 1. The van der Waals surface area contributed by atoms with E-state index in [2.05, 4.69) is 9.97 Å². The molecule has 2 aromatic heterocycles. The van der Waals surface area contributed by atoms with Crippen molar-refractivity contribution >= 4 is 5.97 Å². The topological polar surface area (TPSA) is 77.2 Å². The summed E-state index contributed by atoms with van der Waals surface area (Å²) in [6.07, 6.45) is 5.24. The van der Waals surface area contributed by atoms with Gasteiger partial charge < -0.3 is 14.4 Å². The van der Waals surface area contributed by atoms with Gasteiger partial charge in [-0.1, -0.05) is 13.3 Å². The quantitative estimate of drug-likeness (QED) is 0.826. The molecule has 0 aliphatic heterocycles. The zero-order valence-corrected chi connectivity index (χ0v) is 12.2. The Kier molecular flexibility index (Phi) is 4.92. The molecule has 0 saturated heterocycles. The van der Waals surface area contributed by atoms with E-state index in [4.69, 9.17) is 4.74 Å². The average Bonchev–Trinajstić information content (AvgIpc) is 2.85. The molecule has 2 aromatic rings. The Morgan fingerprint density at radius 2 is 2.19 bits per heavy atom. The minimum absolute atomic E-state index is 0.0993. The van der Waals surface area contributed by atoms with Gasteiger partial charge in [-0.25, -0.2) is 4.98 Å². The van der Waals surface area contributed by atoms with E-state index in [1.165, 1.54) is 6.20 Å². The van der Waals surface area contributed by atoms with Crippen molar-refractivity contribution in [1.82, 2.24) is 14.5 Å². The third-order valence-corrected chi connectivity index (χ3v) is 3.15. The third-order valence-electron chi connectivity index (χ3n) is 3.15. The number of aromatic nitrogens is 3. The van der Waals surface area contributed by atoms with Gasteiger partial charge in [0.05, 0.1) is 23.9 Å². The molecule has 112 valence electrons. The molecule has 0 radical (unpaired) electrons. The van der Waals surface area contributed by atoms with Crippen LogP contribution in [0.3, 0.4) is 0 Å². The van der Waals surface area contributed by atoms with Gasteiger partial charge in [0, 0.05) is 13.5 Å². The van der Waals surface area contributed by atoms with Crippen LogP contribution in [-0.4, -0.2) is 25.6 Å². The Labute approximate surface area is 123 Å². The van der Waals surface area contributed by atoms with Crippen LogP contribution in [0.1, 0.15) is 31.9 Å². The number of imidazole rings is 1. The molecule has 0 spiro atoms. The van der Waals surface area contributed by atoms with Crippen LogP contribution in [0.4, 0.5) is 0 Å². The monoisotopic (exact) mass is 289 g/mol. The highest BCUT2D eigenvalue weighted by atomic mass is 16.5. The summed E-state index contributed by atoms with van der Waals surface area (Å²) in [5.74, 6) is -0.107. The SMILES string of the molecule is CCCCC(=O)OCc1c(-c2ccc(O)cn2)ncn1C. The van der Waals surface area contributed by atoms with E-state index in [1.807, 2.05) is 14.0 Å². The number of carbonyl (C=O) groups excluding carboxylic acids is 1. The molecule has 1 N–H and O–H groups in total. The van der Waals surface area contributed by atoms with Crippen LogP contribution in [0.5, 0.6) is 5.75 Å². The number of aryl methyl sites for hydroxylation is 1. The number of hydrogen-bond donors (Lipinski definition) is 1. The summed E-state index contributed by atoms with van der Waals surface area (Å²) in [4.78, 5) is 20.0. The fraction of sp³-hybridized carbons (Fsp3) is 0.400. The van der Waals surface area contributed by atoms with Gasteiger partial charge in [-0.2, -0.15) is 0 Å². The van der Waals surface area contributed by atoms with E-state index in [0.717, 1.165) is 18.5 Å². The Morgan fingerprint density at radius 1 is 1.38 bits per heavy atom. The maximum atomic E-state index is 11.6. The molecule has 0 fully saturated rings. The first-order chi connectivity index (χ1) is 10.1. The highest BCUT2D eigenvalue weighted by Gasteiger charge is 2.14. The van der Waals surface area contributed by atoms with E-state index in [9.17, 15) is 9.90 Å². The number of nitrogens with zero attached hydrogens (tertiary/aromatic N) is 3. The molecule has 2 rings (SSSR count). The number of hydrogen-bond acceptors (Lipinski definition) is 5. The molecule has 0 unspecified atom stereocenters. The lowest BCUT2D eigenvalue weighted by molar-refractivity contribution is -0.145. The van der Waals surface area contributed by atoms with Crippen molar-refractivity contribution in [2.75, 3.05) is 0 Å². The summed E-state index contributed by atoms with van der Waals surface area (Å²) < 4.78 is 7.08. The Morgan fingerprint density at radius 3 is 2.86 bits per heavy atom. The van der Waals surface area contributed by atoms with Gasteiger partial charge >= 0.3 is 5.97 Å². The lowest BCUT2D eigenvalue weighted by Crippen LogP contribution is -2.07. The van der Waals surface area contributed by atoms with E-state index >= 15 is 0 Å². The average molecular weight is 289 g/mol. The van der Waals surface area contributed by atoms with Crippen molar-refractivity contribution in [3.63, 3.8) is 0 Å². The van der Waals surface area contributed by atoms with Crippen molar-refractivity contribution in [1.29, 1.82) is 0 Å². The number of pyridine rings is 1. The number of aromatic hydroxyl groups is 1. The van der Waals surface area contributed by atoms with Crippen LogP contribution < -0.4 is 0 Å². The third kappa shape index (κ3) is 3.81. The number of carbonyl (C=O) groups is 1. The fourth-order valence-corrected chi connectivity index (χ4v) is 1.91. The first-order valence-electron chi connectivity index (χ1n) is 6.93. The molecule has 21 heavy (non-hydrogen) atoms. The van der Waals surface area contributed by atoms with Gasteiger partial charge in [-0.15, -0.1) is 0 Å². The number of esters is 1. The maximum absolute atomic E-state index is 11.6. The molecule has 6 heteroatoms. The van der Waals surface area contributed by atoms with Gasteiger partial charge in [0.15, 0.2) is 0 Å². The van der Waals surface area contributed by atoms with E-state index < -0.39 is 0 Å². The minimum atomic E-state index is -0.206. The Bertz CT molecular complexity index is 605. The van der Waals surface area contributed by atoms with Gasteiger partial charge in [0.25, 0.3) is 0 Å². The van der Waals surface area contributed by atoms with E-state index in [1.54, 1.807) is 23.0 Å². The van der Waals surface area contributed by atoms with Crippen molar-refractivity contribution in [3.05, 3.63) is 30.4 Å². The largest absolute Gasteiger partial charge is 0.506 e. The summed E-state index contributed by atoms with van der Waals surface area (Å²) in [7, 11) is 1.84. The molecule has 2 heterocycles. The van der Waals surface area contributed by atoms with Crippen LogP contribution in [0.2, 0.25) is 0 Å². The molecule has 0 saturated carbocycles. The first kappa shape index (κ1) is 15.0. The summed E-state index contributed by atoms with van der Waals surface area (Å²) in [5, 5.41) is 9.28. The van der Waals surface area contributed by atoms with E-state index in [0.29, 0.717) is 17.8 Å². The minimum Gasteiger partial charge on any atom is -0.506 e. The maximum Gasteiger partial charge on any atom is 0.306 e. The predicted molar refractivity (Wildman–Crippen MR) is 77.4 cm³/mol. The molecular weight excluding hydrogens is 270 g/mol. The molecule has 0 amide bonds. The lowest BCUT2D eigenvalue weighted by Gasteiger charge is -2.07. The van der Waals surface area contributed by atoms with Gasteiger partial charge in [0.2, 0.25) is 0 Å². The molecule has 6 nitrogen and oxygen atoms in total. The standard InChI is InChI=1S/C15H19N3O3/c1-3-4-5-14(20)21-9-13-15(17-10-18(13)2)12-7-6-11(19)8-16-12/h6-8,10,19H,3-5,9H2,1-2H3. The van der Waals surface area contributed by atoms with Crippen LogP contribution in [0.25, 0.3) is 11.4 Å². The molecule has 0 atom stereocenters. The van der Waals surface area contributed by atoms with Crippen LogP contribution in [-0.2, 0) is 23.2 Å². The van der Waals surface area contributed by atoms with Crippen LogP contribution in [0.15, 0.2) is 24.7 Å². The highest BCUT2D eigenvalue weighted by Crippen LogP contribution is 2.22. The fourth-order valence-electron chi connectivity index (χ4n) is 1.91. The van der Waals surface area contributed by atoms with E-state index in [-0.39, 0.29) is 18.3 Å². The summed E-state index contributed by atoms with van der Waals surface area (Å²) in [5.41, 5.74) is 2.06. The number of rotatable bonds is 6. The lowest BCUT2D eigenvalue weighted by atomic mass is 10.2. The predicted octanol–water partition coefficient (Wildman–Crippen LogP) is 2.42. The van der Waals surface area contributed by atoms with Gasteiger partial charge in [-0.3, -0.25) is 9.78 Å². The number of unbranched alkanes of at least 4 members (excludes halogenated alkanes) is 1. The summed E-state index contributed by atoms with van der Waals surface area (Å²) in [6, 6.07) is 3.23. The highest BCUT2D eigenvalue weighted by molar-refractivity contribution is 5.69. The van der Waals surface area contributed by atoms with Crippen molar-refractivity contribution in [2.45, 2.75) is 32.8 Å². The molecular formula is C15H19N3O3. The molecule has 0 aliphatic carbocycles. The summed E-state index contributed by atoms with van der Waals surface area (Å²) >= 11 is 0. The second-order valence-electron chi connectivity index (χ2n) is 4.82. The van der Waals surface area contributed by atoms with Crippen molar-refractivity contribution in [3.8, 4) is 17.1 Å². The second-order valence-corrected chi connectivity index (χ2v) is 4.82. The van der Waals surface area contributed by atoms with Gasteiger partial charge in [0.1, 0.15) is 18.1 Å². The first-order valence-corrected chi connectivity index (χ1v) is 6.93. The molecule has 0 bridgehead atoms. The Hall–Kier alpha value is -2.37. The van der Waals surface area contributed by atoms with Crippen molar-refractivity contribution < 1.29 is 14.6 Å². The van der Waals surface area contributed by atoms with Gasteiger partial charge in [-0.05, 0) is 18.6 Å². The summed E-state index contributed by atoms with van der Waals surface area (Å²) in [6.45, 7) is 2.19. The Balaban J connectivity index is 2.11. The normalized spacial score (nSPS) is 10.6. The molecule has 0 aliphatic rings. The van der Waals surface area contributed by atoms with Crippen molar-refractivity contribution in [2.24, 2.45) is 7.05 Å². The van der Waals surface area contributed by atoms with Crippen LogP contribution in [0, 0.1) is 0 Å². The molecule has 0 aromatic carbocycles. The zero-order chi connectivity index (χ0) is 15.2. The second kappa shape index (κ2) is 6.88. The van der Waals surface area contributed by atoms with Crippen LogP contribution >= 0.6 is 0 Å². The smallest absolute Gasteiger partial charge is 0.306 e.